The Morgan fingerprint density at radius 3 is 2.54 bits per heavy atom. The zero-order valence-electron chi connectivity index (χ0n) is 15.9. The maximum atomic E-state index is 13.2. The van der Waals surface area contributed by atoms with Gasteiger partial charge in [0.05, 0.1) is 17.4 Å². The van der Waals surface area contributed by atoms with Gasteiger partial charge in [0, 0.05) is 27.8 Å². The second-order valence-corrected chi connectivity index (χ2v) is 7.66. The van der Waals surface area contributed by atoms with Crippen molar-refractivity contribution in [2.75, 3.05) is 18.6 Å². The number of ether oxygens (including phenoxy) is 1. The molecule has 0 fully saturated rings. The van der Waals surface area contributed by atoms with Crippen LogP contribution in [0.5, 0.6) is 5.75 Å². The fraction of sp³-hybridized carbons (Fsp3) is 0.182. The Labute approximate surface area is 166 Å². The number of fused-ring (bicyclic) bond motifs is 3. The van der Waals surface area contributed by atoms with Crippen molar-refractivity contribution in [2.45, 2.75) is 13.8 Å². The summed E-state index contributed by atoms with van der Waals surface area (Å²) < 4.78 is 6.04. The summed E-state index contributed by atoms with van der Waals surface area (Å²) in [6, 6.07) is 15.0. The number of pyridine rings is 1. The number of thiophene rings is 1. The van der Waals surface area contributed by atoms with E-state index in [2.05, 4.69) is 4.98 Å². The first kappa shape index (κ1) is 18.3. The van der Waals surface area contributed by atoms with Gasteiger partial charge in [-0.3, -0.25) is 9.59 Å². The summed E-state index contributed by atoms with van der Waals surface area (Å²) in [6.07, 6.45) is 0. The fourth-order valence-electron chi connectivity index (χ4n) is 3.35. The van der Waals surface area contributed by atoms with Crippen molar-refractivity contribution in [3.05, 3.63) is 69.3 Å². The summed E-state index contributed by atoms with van der Waals surface area (Å²) in [5.74, 6) is 0.622. The summed E-state index contributed by atoms with van der Waals surface area (Å²) >= 11 is 1.37. The molecular weight excluding hydrogens is 372 g/mol. The minimum atomic E-state index is -0.172. The van der Waals surface area contributed by atoms with Crippen LogP contribution in [-0.2, 0) is 0 Å². The number of carbonyl (C=O) groups excluding carboxylic acids is 1. The van der Waals surface area contributed by atoms with Gasteiger partial charge in [-0.05, 0) is 56.3 Å². The molecule has 5 nitrogen and oxygen atoms in total. The van der Waals surface area contributed by atoms with Crippen molar-refractivity contribution < 1.29 is 9.53 Å². The van der Waals surface area contributed by atoms with Gasteiger partial charge in [-0.1, -0.05) is 11.6 Å². The number of hydrogen-bond donors (Lipinski definition) is 1. The monoisotopic (exact) mass is 392 g/mol. The lowest BCUT2D eigenvalue weighted by Gasteiger charge is -2.20. The fourth-order valence-corrected chi connectivity index (χ4v) is 4.48. The number of hydrogen-bond acceptors (Lipinski definition) is 4. The van der Waals surface area contributed by atoms with Gasteiger partial charge in [0.25, 0.3) is 11.5 Å². The van der Waals surface area contributed by atoms with Crippen LogP contribution in [-0.4, -0.2) is 24.5 Å². The summed E-state index contributed by atoms with van der Waals surface area (Å²) in [5, 5.41) is 1.52. The lowest BCUT2D eigenvalue weighted by molar-refractivity contribution is 0.0992. The van der Waals surface area contributed by atoms with Gasteiger partial charge in [0.2, 0.25) is 0 Å². The number of anilines is 1. The molecule has 0 aliphatic rings. The molecule has 0 bridgehead atoms. The SMILES string of the molecule is CCN(C(=O)c1cc2c(=O)[nH]c3ccc(C)cc3c2s1)c1ccc(OC)cc1. The van der Waals surface area contributed by atoms with Crippen LogP contribution < -0.4 is 15.2 Å². The predicted molar refractivity (Wildman–Crippen MR) is 115 cm³/mol. The van der Waals surface area contributed by atoms with Crippen molar-refractivity contribution in [1.82, 2.24) is 4.98 Å². The second-order valence-electron chi connectivity index (χ2n) is 6.60. The Morgan fingerprint density at radius 2 is 1.86 bits per heavy atom. The molecule has 0 aliphatic heterocycles. The average Bonchev–Trinajstić information content (AvgIpc) is 3.16. The number of H-pyrrole nitrogens is 1. The van der Waals surface area contributed by atoms with Crippen molar-refractivity contribution in [3.63, 3.8) is 0 Å². The van der Waals surface area contributed by atoms with Crippen LogP contribution in [0.1, 0.15) is 22.2 Å². The van der Waals surface area contributed by atoms with Gasteiger partial charge < -0.3 is 14.6 Å². The molecule has 0 aliphatic carbocycles. The standard InChI is InChI=1S/C22H20N2O3S/c1-4-24(14-6-8-15(27-3)9-7-14)22(26)19-12-17-20(28-19)16-11-13(2)5-10-18(16)23-21(17)25/h5-12H,4H2,1-3H3,(H,23,25). The average molecular weight is 392 g/mol. The third-order valence-corrected chi connectivity index (χ3v) is 5.96. The van der Waals surface area contributed by atoms with Gasteiger partial charge in [0.15, 0.2) is 0 Å². The Hall–Kier alpha value is -3.12. The highest BCUT2D eigenvalue weighted by atomic mass is 32.1. The normalized spacial score (nSPS) is 11.1. The van der Waals surface area contributed by atoms with E-state index in [4.69, 9.17) is 4.74 Å². The maximum absolute atomic E-state index is 13.2. The predicted octanol–water partition coefficient (Wildman–Crippen LogP) is 4.73. The summed E-state index contributed by atoms with van der Waals surface area (Å²) in [7, 11) is 1.61. The van der Waals surface area contributed by atoms with Crippen molar-refractivity contribution in [2.24, 2.45) is 0 Å². The molecule has 2 aromatic heterocycles. The van der Waals surface area contributed by atoms with E-state index in [-0.39, 0.29) is 11.5 Å². The molecule has 4 rings (SSSR count). The number of carbonyl (C=O) groups is 1. The van der Waals surface area contributed by atoms with E-state index in [0.29, 0.717) is 16.8 Å². The van der Waals surface area contributed by atoms with Crippen molar-refractivity contribution in [3.8, 4) is 5.75 Å². The lowest BCUT2D eigenvalue weighted by Crippen LogP contribution is -2.29. The summed E-state index contributed by atoms with van der Waals surface area (Å²) in [4.78, 5) is 30.9. The minimum absolute atomic E-state index is 0.117. The first-order valence-electron chi connectivity index (χ1n) is 9.04. The maximum Gasteiger partial charge on any atom is 0.268 e. The highest BCUT2D eigenvalue weighted by Gasteiger charge is 2.20. The molecule has 0 unspecified atom stereocenters. The van der Waals surface area contributed by atoms with Gasteiger partial charge in [-0.2, -0.15) is 0 Å². The zero-order valence-corrected chi connectivity index (χ0v) is 16.7. The van der Waals surface area contributed by atoms with Crippen LogP contribution in [0.2, 0.25) is 0 Å². The van der Waals surface area contributed by atoms with Crippen molar-refractivity contribution in [1.29, 1.82) is 0 Å². The number of nitrogens with one attached hydrogen (secondary N) is 1. The van der Waals surface area contributed by atoms with Gasteiger partial charge >= 0.3 is 0 Å². The highest BCUT2D eigenvalue weighted by molar-refractivity contribution is 7.21. The molecule has 2 aromatic carbocycles. The molecular formula is C22H20N2O3S. The van der Waals surface area contributed by atoms with E-state index in [1.807, 2.05) is 56.3 Å². The third-order valence-electron chi connectivity index (χ3n) is 4.80. The van der Waals surface area contributed by atoms with Crippen molar-refractivity contribution >= 4 is 43.9 Å². The molecule has 0 saturated heterocycles. The summed E-state index contributed by atoms with van der Waals surface area (Å²) in [5.41, 5.74) is 2.51. The number of benzene rings is 2. The molecule has 0 atom stereocenters. The molecule has 2 heterocycles. The number of aryl methyl sites for hydroxylation is 1. The molecule has 0 radical (unpaired) electrons. The summed E-state index contributed by atoms with van der Waals surface area (Å²) in [6.45, 7) is 4.47. The molecule has 0 spiro atoms. The highest BCUT2D eigenvalue weighted by Crippen LogP contribution is 2.32. The van der Waals surface area contributed by atoms with Crippen LogP contribution in [0, 0.1) is 6.92 Å². The number of aromatic amines is 1. The van der Waals surface area contributed by atoms with E-state index in [0.717, 1.165) is 32.6 Å². The molecule has 142 valence electrons. The van der Waals surface area contributed by atoms with Gasteiger partial charge in [-0.25, -0.2) is 0 Å². The van der Waals surface area contributed by atoms with Crippen LogP contribution >= 0.6 is 11.3 Å². The first-order chi connectivity index (χ1) is 13.5. The quantitative estimate of drug-likeness (QED) is 0.546. The Morgan fingerprint density at radius 1 is 1.11 bits per heavy atom. The van der Waals surface area contributed by atoms with Crippen LogP contribution in [0.15, 0.2) is 53.3 Å². The molecule has 1 N–H and O–H groups in total. The lowest BCUT2D eigenvalue weighted by atomic mass is 10.1. The Kier molecular flexibility index (Phi) is 4.65. The smallest absolute Gasteiger partial charge is 0.268 e. The molecule has 0 saturated carbocycles. The number of nitrogens with zero attached hydrogens (tertiary/aromatic N) is 1. The Balaban J connectivity index is 1.82. The Bertz CT molecular complexity index is 1240. The number of rotatable bonds is 4. The van der Waals surface area contributed by atoms with Gasteiger partial charge in [-0.15, -0.1) is 11.3 Å². The molecule has 28 heavy (non-hydrogen) atoms. The minimum Gasteiger partial charge on any atom is -0.497 e. The number of amides is 1. The van der Waals surface area contributed by atoms with Crippen LogP contribution in [0.3, 0.4) is 0 Å². The number of methoxy groups -OCH3 is 1. The van der Waals surface area contributed by atoms with E-state index in [1.165, 1.54) is 11.3 Å². The van der Waals surface area contributed by atoms with E-state index in [9.17, 15) is 9.59 Å². The number of aromatic nitrogens is 1. The van der Waals surface area contributed by atoms with Crippen LogP contribution in [0.25, 0.3) is 21.0 Å². The van der Waals surface area contributed by atoms with E-state index >= 15 is 0 Å². The molecule has 6 heteroatoms. The van der Waals surface area contributed by atoms with E-state index < -0.39 is 0 Å². The van der Waals surface area contributed by atoms with Gasteiger partial charge in [0.1, 0.15) is 5.75 Å². The molecule has 1 amide bonds. The third kappa shape index (κ3) is 3.05. The van der Waals surface area contributed by atoms with E-state index in [1.54, 1.807) is 18.1 Å². The van der Waals surface area contributed by atoms with Crippen LogP contribution in [0.4, 0.5) is 5.69 Å². The first-order valence-corrected chi connectivity index (χ1v) is 9.85. The second kappa shape index (κ2) is 7.13. The zero-order chi connectivity index (χ0) is 19.8. The molecule has 4 aromatic rings. The largest absolute Gasteiger partial charge is 0.497 e. The topological polar surface area (TPSA) is 62.4 Å².